The van der Waals surface area contributed by atoms with E-state index >= 15 is 0 Å². The minimum absolute atomic E-state index is 0.000359. The summed E-state index contributed by atoms with van der Waals surface area (Å²) in [6.07, 6.45) is 4.50. The molecule has 3 atom stereocenters. The number of rotatable bonds is 6. The summed E-state index contributed by atoms with van der Waals surface area (Å²) in [5, 5.41) is 4.01. The van der Waals surface area contributed by atoms with Crippen molar-refractivity contribution in [3.8, 4) is 34.1 Å². The Kier molecular flexibility index (Phi) is 6.02. The normalized spacial score (nSPS) is 21.9. The molecule has 0 spiro atoms. The molecule has 2 unspecified atom stereocenters. The van der Waals surface area contributed by atoms with Crippen LogP contribution in [0.4, 0.5) is 5.69 Å². The van der Waals surface area contributed by atoms with Crippen LogP contribution in [0, 0.1) is 11.8 Å². The maximum Gasteiger partial charge on any atom is 0.262 e. The van der Waals surface area contributed by atoms with Crippen molar-refractivity contribution < 1.29 is 19.1 Å². The lowest BCUT2D eigenvalue weighted by molar-refractivity contribution is -0.118. The fourth-order valence-corrected chi connectivity index (χ4v) is 7.90. The van der Waals surface area contributed by atoms with Crippen molar-refractivity contribution in [1.29, 1.82) is 0 Å². The number of imidazole rings is 1. The number of carbonyl (C=O) groups is 2. The van der Waals surface area contributed by atoms with Gasteiger partial charge in [-0.15, -0.1) is 0 Å². The molecular formula is C36H36N6O4. The van der Waals surface area contributed by atoms with Crippen molar-refractivity contribution in [2.24, 2.45) is 24.6 Å². The molecule has 2 aliphatic carbocycles. The number of hydrogen-bond donors (Lipinski definition) is 2. The number of hydrogen-bond acceptors (Lipinski definition) is 6. The van der Waals surface area contributed by atoms with Gasteiger partial charge >= 0.3 is 0 Å². The second-order valence-electron chi connectivity index (χ2n) is 13.4. The summed E-state index contributed by atoms with van der Waals surface area (Å²) in [5.41, 5.74) is 13.6. The SMILES string of the molecule is COc1cc(C(=O)N2CC3CCC2[C@@H]3N)cc2nc(-c3cc4ccc(-c5ccc6c(c5)OCC(=O)N6)cc4n3CC3CC3)n(C)c12. The van der Waals surface area contributed by atoms with Gasteiger partial charge < -0.3 is 34.6 Å². The zero-order chi connectivity index (χ0) is 31.3. The highest BCUT2D eigenvalue weighted by atomic mass is 16.5. The van der Waals surface area contributed by atoms with Gasteiger partial charge in [0.15, 0.2) is 12.4 Å². The smallest absolute Gasteiger partial charge is 0.262 e. The number of nitrogens with two attached hydrogens (primary N) is 1. The molecule has 2 aliphatic heterocycles. The molecule has 2 aromatic heterocycles. The lowest BCUT2D eigenvalue weighted by Gasteiger charge is -2.27. The summed E-state index contributed by atoms with van der Waals surface area (Å²) >= 11 is 0. The van der Waals surface area contributed by atoms with Gasteiger partial charge in [0.25, 0.3) is 11.8 Å². The molecule has 10 heteroatoms. The van der Waals surface area contributed by atoms with Crippen molar-refractivity contribution >= 4 is 39.4 Å². The maximum absolute atomic E-state index is 13.7. The molecule has 10 nitrogen and oxygen atoms in total. The van der Waals surface area contributed by atoms with Crippen LogP contribution in [0.25, 0.3) is 44.6 Å². The first kappa shape index (κ1) is 27.5. The highest BCUT2D eigenvalue weighted by Gasteiger charge is 2.47. The number of carbonyl (C=O) groups excluding carboxylic acids is 2. The number of nitrogens with zero attached hydrogens (tertiary/aromatic N) is 4. The van der Waals surface area contributed by atoms with Gasteiger partial charge in [-0.1, -0.05) is 18.2 Å². The average Bonchev–Trinajstić information content (AvgIpc) is 3.47. The minimum Gasteiger partial charge on any atom is -0.494 e. The molecule has 1 saturated heterocycles. The van der Waals surface area contributed by atoms with E-state index < -0.39 is 0 Å². The van der Waals surface area contributed by atoms with Gasteiger partial charge in [0.05, 0.1) is 24.0 Å². The monoisotopic (exact) mass is 616 g/mol. The average molecular weight is 617 g/mol. The zero-order valence-electron chi connectivity index (χ0n) is 26.0. The molecule has 9 rings (SSSR count). The largest absolute Gasteiger partial charge is 0.494 e. The number of amides is 2. The Bertz CT molecular complexity index is 2090. The quantitative estimate of drug-likeness (QED) is 0.272. The van der Waals surface area contributed by atoms with E-state index in [1.807, 2.05) is 42.3 Å². The summed E-state index contributed by atoms with van der Waals surface area (Å²) < 4.78 is 16.0. The topological polar surface area (TPSA) is 117 Å². The van der Waals surface area contributed by atoms with E-state index in [-0.39, 0.29) is 30.5 Å². The van der Waals surface area contributed by atoms with E-state index in [1.165, 1.54) is 12.8 Å². The highest BCUT2D eigenvalue weighted by Crippen LogP contribution is 2.41. The van der Waals surface area contributed by atoms with Crippen molar-refractivity contribution in [2.45, 2.75) is 44.3 Å². The van der Waals surface area contributed by atoms with Gasteiger partial charge in [0.2, 0.25) is 0 Å². The van der Waals surface area contributed by atoms with Gasteiger partial charge in [0, 0.05) is 48.7 Å². The predicted octanol–water partition coefficient (Wildman–Crippen LogP) is 5.17. The van der Waals surface area contributed by atoms with E-state index in [1.54, 1.807) is 7.11 Å². The fourth-order valence-electron chi connectivity index (χ4n) is 7.90. The van der Waals surface area contributed by atoms with Crippen LogP contribution in [-0.2, 0) is 18.4 Å². The minimum atomic E-state index is -0.141. The van der Waals surface area contributed by atoms with Crippen molar-refractivity contribution in [2.75, 3.05) is 25.6 Å². The third-order valence-corrected chi connectivity index (χ3v) is 10.5. The van der Waals surface area contributed by atoms with Crippen molar-refractivity contribution in [3.05, 3.63) is 60.2 Å². The number of ether oxygens (including phenoxy) is 2. The standard InChI is InChI=1S/C36H36N6O4/c1-40-34-26(11-24(15-31(34)45-2)36(44)42-17-23-8-10-27(42)33(23)37)39-35(40)29-13-22-6-5-20(12-28(22)41(29)16-19-3-4-19)21-7-9-25-30(14-21)46-18-32(43)38-25/h5-7,9,11-15,19,23,27,33H,3-4,8,10,16-18,37H2,1-2H3,(H,38,43)/t23?,27?,33-/m1/s1. The van der Waals surface area contributed by atoms with E-state index in [9.17, 15) is 9.59 Å². The van der Waals surface area contributed by atoms with Gasteiger partial charge in [-0.05, 0) is 85.0 Å². The molecule has 2 bridgehead atoms. The highest BCUT2D eigenvalue weighted by molar-refractivity contribution is 6.01. The van der Waals surface area contributed by atoms with Gasteiger partial charge in [-0.25, -0.2) is 4.98 Å². The van der Waals surface area contributed by atoms with Crippen LogP contribution >= 0.6 is 0 Å². The van der Waals surface area contributed by atoms with Crippen LogP contribution in [-0.4, -0.2) is 63.2 Å². The third kappa shape index (κ3) is 4.23. The van der Waals surface area contributed by atoms with E-state index in [0.717, 1.165) is 70.5 Å². The van der Waals surface area contributed by atoms with Crippen LogP contribution < -0.4 is 20.5 Å². The lowest BCUT2D eigenvalue weighted by Crippen LogP contribution is -2.41. The first-order chi connectivity index (χ1) is 22.4. The molecule has 46 heavy (non-hydrogen) atoms. The molecule has 3 fully saturated rings. The number of aryl methyl sites for hydroxylation is 1. The van der Waals surface area contributed by atoms with E-state index in [4.69, 9.17) is 20.2 Å². The molecule has 234 valence electrons. The van der Waals surface area contributed by atoms with Crippen molar-refractivity contribution in [3.63, 3.8) is 0 Å². The molecule has 2 amide bonds. The van der Waals surface area contributed by atoms with E-state index in [2.05, 4.69) is 38.7 Å². The van der Waals surface area contributed by atoms with Crippen molar-refractivity contribution in [1.82, 2.24) is 19.0 Å². The van der Waals surface area contributed by atoms with Gasteiger partial charge in [0.1, 0.15) is 17.0 Å². The Morgan fingerprint density at radius 1 is 1.07 bits per heavy atom. The molecule has 3 aromatic carbocycles. The predicted molar refractivity (Wildman–Crippen MR) is 176 cm³/mol. The molecule has 5 aromatic rings. The Balaban J connectivity index is 1.13. The number of methoxy groups -OCH3 is 1. The summed E-state index contributed by atoms with van der Waals surface area (Å²) in [6.45, 7) is 1.65. The fraction of sp³-hybridized carbons (Fsp3) is 0.361. The molecule has 4 heterocycles. The first-order valence-electron chi connectivity index (χ1n) is 16.2. The van der Waals surface area contributed by atoms with Crippen LogP contribution in [0.1, 0.15) is 36.0 Å². The van der Waals surface area contributed by atoms with Crippen LogP contribution in [0.5, 0.6) is 11.5 Å². The molecule has 0 radical (unpaired) electrons. The number of aromatic nitrogens is 3. The number of piperidine rings is 1. The number of fused-ring (bicyclic) bond motifs is 5. The molecule has 2 saturated carbocycles. The van der Waals surface area contributed by atoms with Crippen LogP contribution in [0.15, 0.2) is 54.6 Å². The number of benzene rings is 3. The second-order valence-corrected chi connectivity index (χ2v) is 13.4. The van der Waals surface area contributed by atoms with Gasteiger partial charge in [-0.2, -0.15) is 0 Å². The Hall–Kier alpha value is -4.83. The summed E-state index contributed by atoms with van der Waals surface area (Å²) in [5.74, 6) is 3.02. The lowest BCUT2D eigenvalue weighted by atomic mass is 10.0. The summed E-state index contributed by atoms with van der Waals surface area (Å²) in [7, 11) is 3.66. The maximum atomic E-state index is 13.7. The molecular weight excluding hydrogens is 580 g/mol. The van der Waals surface area contributed by atoms with Crippen LogP contribution in [0.2, 0.25) is 0 Å². The third-order valence-electron chi connectivity index (χ3n) is 10.5. The number of likely N-dealkylation sites (tertiary alicyclic amines) is 1. The number of anilines is 1. The molecule has 4 aliphatic rings. The number of nitrogens with one attached hydrogen (secondary N) is 1. The zero-order valence-corrected chi connectivity index (χ0v) is 26.0. The first-order valence-corrected chi connectivity index (χ1v) is 16.2. The molecule has 3 N–H and O–H groups in total. The van der Waals surface area contributed by atoms with Crippen LogP contribution in [0.3, 0.4) is 0 Å². The summed E-state index contributed by atoms with van der Waals surface area (Å²) in [6, 6.07) is 18.6. The second kappa shape index (κ2) is 10.1. The Morgan fingerprint density at radius 2 is 1.89 bits per heavy atom. The van der Waals surface area contributed by atoms with E-state index in [0.29, 0.717) is 34.6 Å². The Labute approximate surface area is 266 Å². The summed E-state index contributed by atoms with van der Waals surface area (Å²) in [4.78, 5) is 32.6. The van der Waals surface area contributed by atoms with Gasteiger partial charge in [-0.3, -0.25) is 9.59 Å². The Morgan fingerprint density at radius 3 is 2.65 bits per heavy atom.